The molecular weight excluding hydrogens is 314 g/mol. The molecule has 0 spiro atoms. The van der Waals surface area contributed by atoms with Gasteiger partial charge in [-0.3, -0.25) is 15.1 Å². The molecule has 0 saturated carbocycles. The Kier molecular flexibility index (Phi) is 4.50. The standard InChI is InChI=1S/C16H13N3OS2/c1-21-12-7-5-11(6-8-12)15(20)19-16-18-14(10-22-16)13-4-2-3-9-17-13/h2-10H,1H3,(H,18,19,20). The molecule has 0 unspecified atom stereocenters. The fourth-order valence-electron chi connectivity index (χ4n) is 1.87. The summed E-state index contributed by atoms with van der Waals surface area (Å²) in [6.07, 6.45) is 3.73. The summed E-state index contributed by atoms with van der Waals surface area (Å²) in [7, 11) is 0. The molecule has 2 heterocycles. The van der Waals surface area contributed by atoms with Gasteiger partial charge in [0.2, 0.25) is 0 Å². The van der Waals surface area contributed by atoms with Gasteiger partial charge in [0.15, 0.2) is 5.13 Å². The fourth-order valence-corrected chi connectivity index (χ4v) is 2.98. The highest BCUT2D eigenvalue weighted by Gasteiger charge is 2.10. The SMILES string of the molecule is CSc1ccc(C(=O)Nc2nc(-c3ccccn3)cs2)cc1. The molecule has 2 aromatic heterocycles. The van der Waals surface area contributed by atoms with Gasteiger partial charge in [0, 0.05) is 22.0 Å². The number of benzene rings is 1. The van der Waals surface area contributed by atoms with Crippen LogP contribution in [0.3, 0.4) is 0 Å². The Morgan fingerprint density at radius 3 is 2.64 bits per heavy atom. The average molecular weight is 327 g/mol. The summed E-state index contributed by atoms with van der Waals surface area (Å²) in [5.41, 5.74) is 2.18. The van der Waals surface area contributed by atoms with Gasteiger partial charge < -0.3 is 0 Å². The van der Waals surface area contributed by atoms with Crippen molar-refractivity contribution in [2.45, 2.75) is 4.90 Å². The van der Waals surface area contributed by atoms with E-state index in [1.807, 2.05) is 54.1 Å². The summed E-state index contributed by atoms with van der Waals surface area (Å²) in [4.78, 5) is 22.0. The molecule has 1 amide bonds. The number of aromatic nitrogens is 2. The van der Waals surface area contributed by atoms with Crippen molar-refractivity contribution in [3.8, 4) is 11.4 Å². The molecule has 4 nitrogen and oxygen atoms in total. The highest BCUT2D eigenvalue weighted by molar-refractivity contribution is 7.98. The first-order chi connectivity index (χ1) is 10.8. The molecule has 110 valence electrons. The molecule has 0 bridgehead atoms. The zero-order chi connectivity index (χ0) is 15.4. The number of thioether (sulfide) groups is 1. The van der Waals surface area contributed by atoms with E-state index < -0.39 is 0 Å². The summed E-state index contributed by atoms with van der Waals surface area (Å²) >= 11 is 3.03. The Labute approximate surface area is 136 Å². The van der Waals surface area contributed by atoms with Gasteiger partial charge in [0.05, 0.1) is 5.69 Å². The van der Waals surface area contributed by atoms with Crippen molar-refractivity contribution in [3.63, 3.8) is 0 Å². The number of pyridine rings is 1. The van der Waals surface area contributed by atoms with Crippen LogP contribution < -0.4 is 5.32 Å². The lowest BCUT2D eigenvalue weighted by molar-refractivity contribution is 0.102. The predicted octanol–water partition coefficient (Wildman–Crippen LogP) is 4.18. The van der Waals surface area contributed by atoms with Crippen molar-refractivity contribution >= 4 is 34.1 Å². The van der Waals surface area contributed by atoms with Gasteiger partial charge in [0.1, 0.15) is 5.69 Å². The van der Waals surface area contributed by atoms with E-state index in [9.17, 15) is 4.79 Å². The maximum absolute atomic E-state index is 12.2. The molecule has 6 heteroatoms. The number of amides is 1. The third-order valence-electron chi connectivity index (χ3n) is 3.00. The van der Waals surface area contributed by atoms with Gasteiger partial charge >= 0.3 is 0 Å². The summed E-state index contributed by atoms with van der Waals surface area (Å²) in [6.45, 7) is 0. The molecule has 3 aromatic rings. The van der Waals surface area contributed by atoms with Crippen LogP contribution in [0.5, 0.6) is 0 Å². The van der Waals surface area contributed by atoms with E-state index in [1.54, 1.807) is 18.0 Å². The maximum atomic E-state index is 12.2. The van der Waals surface area contributed by atoms with Crippen molar-refractivity contribution < 1.29 is 4.79 Å². The highest BCUT2D eigenvalue weighted by Crippen LogP contribution is 2.23. The summed E-state index contributed by atoms with van der Waals surface area (Å²) in [6, 6.07) is 13.1. The van der Waals surface area contributed by atoms with E-state index in [4.69, 9.17) is 0 Å². The van der Waals surface area contributed by atoms with E-state index >= 15 is 0 Å². The molecule has 1 N–H and O–H groups in total. The number of anilines is 1. The lowest BCUT2D eigenvalue weighted by atomic mass is 10.2. The van der Waals surface area contributed by atoms with Crippen LogP contribution in [-0.2, 0) is 0 Å². The van der Waals surface area contributed by atoms with Gasteiger partial charge in [-0.05, 0) is 42.7 Å². The van der Waals surface area contributed by atoms with E-state index in [1.165, 1.54) is 11.3 Å². The molecule has 0 aliphatic carbocycles. The quantitative estimate of drug-likeness (QED) is 0.730. The summed E-state index contributed by atoms with van der Waals surface area (Å²) in [5.74, 6) is -0.158. The van der Waals surface area contributed by atoms with Gasteiger partial charge in [-0.25, -0.2) is 4.98 Å². The molecule has 0 aliphatic heterocycles. The lowest BCUT2D eigenvalue weighted by Crippen LogP contribution is -2.11. The smallest absolute Gasteiger partial charge is 0.257 e. The minimum Gasteiger partial charge on any atom is -0.298 e. The largest absolute Gasteiger partial charge is 0.298 e. The number of hydrogen-bond acceptors (Lipinski definition) is 5. The number of carbonyl (C=O) groups is 1. The Bertz CT molecular complexity index is 770. The van der Waals surface area contributed by atoms with E-state index in [-0.39, 0.29) is 5.91 Å². The van der Waals surface area contributed by atoms with Crippen molar-refractivity contribution in [1.29, 1.82) is 0 Å². The molecule has 3 rings (SSSR count). The second kappa shape index (κ2) is 6.72. The first-order valence-electron chi connectivity index (χ1n) is 6.58. The Hall–Kier alpha value is -2.18. The minimum atomic E-state index is -0.158. The van der Waals surface area contributed by atoms with Crippen LogP contribution in [-0.4, -0.2) is 22.1 Å². The van der Waals surface area contributed by atoms with Crippen molar-refractivity contribution in [3.05, 3.63) is 59.6 Å². The third kappa shape index (κ3) is 3.35. The molecule has 0 saturated heterocycles. The van der Waals surface area contributed by atoms with Gasteiger partial charge in [-0.1, -0.05) is 6.07 Å². The third-order valence-corrected chi connectivity index (χ3v) is 4.51. The fraction of sp³-hybridized carbons (Fsp3) is 0.0625. The van der Waals surface area contributed by atoms with Crippen LogP contribution in [0, 0.1) is 0 Å². The molecule has 1 aromatic carbocycles. The monoisotopic (exact) mass is 327 g/mol. The highest BCUT2D eigenvalue weighted by atomic mass is 32.2. The van der Waals surface area contributed by atoms with Crippen LogP contribution in [0.4, 0.5) is 5.13 Å². The first kappa shape index (κ1) is 14.7. The molecule has 22 heavy (non-hydrogen) atoms. The molecule has 0 aliphatic rings. The number of hydrogen-bond donors (Lipinski definition) is 1. The zero-order valence-electron chi connectivity index (χ0n) is 11.8. The lowest BCUT2D eigenvalue weighted by Gasteiger charge is -2.02. The number of nitrogens with zero attached hydrogens (tertiary/aromatic N) is 2. The second-order valence-corrected chi connectivity index (χ2v) is 6.17. The van der Waals surface area contributed by atoms with Crippen LogP contribution in [0.1, 0.15) is 10.4 Å². The van der Waals surface area contributed by atoms with E-state index in [0.29, 0.717) is 10.7 Å². The number of rotatable bonds is 4. The minimum absolute atomic E-state index is 0.158. The van der Waals surface area contributed by atoms with Crippen LogP contribution in [0.25, 0.3) is 11.4 Å². The summed E-state index contributed by atoms with van der Waals surface area (Å²) in [5, 5.41) is 5.27. The first-order valence-corrected chi connectivity index (χ1v) is 8.69. The Morgan fingerprint density at radius 2 is 1.95 bits per heavy atom. The summed E-state index contributed by atoms with van der Waals surface area (Å²) < 4.78 is 0. The van der Waals surface area contributed by atoms with Crippen LogP contribution in [0.15, 0.2) is 58.9 Å². The zero-order valence-corrected chi connectivity index (χ0v) is 13.4. The normalized spacial score (nSPS) is 10.4. The van der Waals surface area contributed by atoms with Crippen LogP contribution in [0.2, 0.25) is 0 Å². The maximum Gasteiger partial charge on any atom is 0.257 e. The number of nitrogens with one attached hydrogen (secondary N) is 1. The second-order valence-electron chi connectivity index (χ2n) is 4.44. The Morgan fingerprint density at radius 1 is 1.14 bits per heavy atom. The molecule has 0 atom stereocenters. The Balaban J connectivity index is 1.73. The molecule has 0 fully saturated rings. The molecule has 0 radical (unpaired) electrons. The van der Waals surface area contributed by atoms with Crippen molar-refractivity contribution in [1.82, 2.24) is 9.97 Å². The van der Waals surface area contributed by atoms with Crippen molar-refractivity contribution in [2.24, 2.45) is 0 Å². The van der Waals surface area contributed by atoms with Gasteiger partial charge in [-0.2, -0.15) is 0 Å². The van der Waals surface area contributed by atoms with Crippen LogP contribution >= 0.6 is 23.1 Å². The van der Waals surface area contributed by atoms with E-state index in [0.717, 1.165) is 16.3 Å². The average Bonchev–Trinajstić information content (AvgIpc) is 3.04. The van der Waals surface area contributed by atoms with Crippen molar-refractivity contribution in [2.75, 3.05) is 11.6 Å². The van der Waals surface area contributed by atoms with Gasteiger partial charge in [0.25, 0.3) is 5.91 Å². The number of carbonyl (C=O) groups excluding carboxylic acids is 1. The topological polar surface area (TPSA) is 54.9 Å². The van der Waals surface area contributed by atoms with Gasteiger partial charge in [-0.15, -0.1) is 23.1 Å². The van der Waals surface area contributed by atoms with E-state index in [2.05, 4.69) is 15.3 Å². The molecular formula is C16H13N3OS2. The number of thiazole rings is 1. The predicted molar refractivity (Wildman–Crippen MR) is 91.5 cm³/mol.